The molecule has 0 radical (unpaired) electrons. The van der Waals surface area contributed by atoms with Crippen LogP contribution in [0.15, 0.2) is 0 Å². The molecule has 0 nitrogen and oxygen atoms in total. The van der Waals surface area contributed by atoms with Gasteiger partial charge < -0.3 is 6.92 Å². The van der Waals surface area contributed by atoms with Gasteiger partial charge in [0.1, 0.15) is 0 Å². The fourth-order valence-corrected chi connectivity index (χ4v) is 2.57. The van der Waals surface area contributed by atoms with Crippen molar-refractivity contribution in [3.63, 3.8) is 0 Å². The van der Waals surface area contributed by atoms with Gasteiger partial charge in [0, 0.05) is 0 Å². The fourth-order valence-electron chi connectivity index (χ4n) is 2.57. The van der Waals surface area contributed by atoms with Crippen LogP contribution in [0, 0.1) is 12.8 Å². The molecule has 0 aromatic heterocycles. The molecule has 0 fully saturated rings. The van der Waals surface area contributed by atoms with Crippen LogP contribution in [0.5, 0.6) is 0 Å². The molecule has 0 amide bonds. The van der Waals surface area contributed by atoms with E-state index in [2.05, 4.69) is 20.8 Å². The molecular formula is C18H37Na. The smallest absolute Gasteiger partial charge is 0.340 e. The van der Waals surface area contributed by atoms with Gasteiger partial charge in [-0.25, -0.2) is 0 Å². The molecule has 1 atom stereocenters. The predicted molar refractivity (Wildman–Crippen MR) is 84.8 cm³/mol. The quantitative estimate of drug-likeness (QED) is 0.256. The summed E-state index contributed by atoms with van der Waals surface area (Å²) in [6, 6.07) is 0. The van der Waals surface area contributed by atoms with E-state index in [0.29, 0.717) is 0 Å². The Morgan fingerprint density at radius 1 is 0.579 bits per heavy atom. The summed E-state index contributed by atoms with van der Waals surface area (Å²) in [5, 5.41) is 0. The van der Waals surface area contributed by atoms with Crippen molar-refractivity contribution in [2.75, 3.05) is 0 Å². The first-order chi connectivity index (χ1) is 8.81. The Kier molecular flexibility index (Phi) is 22.3. The van der Waals surface area contributed by atoms with Gasteiger partial charge in [0.05, 0.1) is 0 Å². The van der Waals surface area contributed by atoms with Crippen molar-refractivity contribution in [3.8, 4) is 0 Å². The van der Waals surface area contributed by atoms with Crippen molar-refractivity contribution in [1.29, 1.82) is 0 Å². The normalized spacial score (nSPS) is 12.2. The van der Waals surface area contributed by atoms with Crippen LogP contribution in [0.2, 0.25) is 0 Å². The van der Waals surface area contributed by atoms with Crippen molar-refractivity contribution >= 4 is 0 Å². The first-order valence-electron chi connectivity index (χ1n) is 8.64. The number of rotatable bonds is 14. The second kappa shape index (κ2) is 19.0. The summed E-state index contributed by atoms with van der Waals surface area (Å²) in [5.74, 6) is 0.724. The van der Waals surface area contributed by atoms with Gasteiger partial charge in [-0.2, -0.15) is 5.92 Å². The Morgan fingerprint density at radius 2 is 0.895 bits per heavy atom. The third-order valence-corrected chi connectivity index (χ3v) is 3.93. The van der Waals surface area contributed by atoms with Crippen LogP contribution in [-0.4, -0.2) is 0 Å². The summed E-state index contributed by atoms with van der Waals surface area (Å²) in [6.45, 7) is 8.86. The zero-order valence-electron chi connectivity index (χ0n) is 14.2. The van der Waals surface area contributed by atoms with Crippen molar-refractivity contribution in [1.82, 2.24) is 0 Å². The second-order valence-electron chi connectivity index (χ2n) is 5.98. The van der Waals surface area contributed by atoms with E-state index in [4.69, 9.17) is 0 Å². The predicted octanol–water partition coefficient (Wildman–Crippen LogP) is 3.94. The van der Waals surface area contributed by atoms with E-state index in [0.717, 1.165) is 5.92 Å². The van der Waals surface area contributed by atoms with Gasteiger partial charge in [-0.1, -0.05) is 104 Å². The van der Waals surface area contributed by atoms with Gasteiger partial charge >= 0.3 is 29.6 Å². The number of unbranched alkanes of at least 4 members (excludes halogenated alkanes) is 10. The molecule has 0 aliphatic heterocycles. The summed E-state index contributed by atoms with van der Waals surface area (Å²) in [4.78, 5) is 0. The molecule has 0 saturated carbocycles. The molecule has 0 saturated heterocycles. The third-order valence-electron chi connectivity index (χ3n) is 3.93. The summed E-state index contributed by atoms with van der Waals surface area (Å²) in [5.41, 5.74) is 0. The van der Waals surface area contributed by atoms with Crippen LogP contribution >= 0.6 is 0 Å². The molecule has 0 aliphatic rings. The van der Waals surface area contributed by atoms with Crippen LogP contribution in [0.4, 0.5) is 0 Å². The van der Waals surface area contributed by atoms with E-state index in [1.165, 1.54) is 89.9 Å². The summed E-state index contributed by atoms with van der Waals surface area (Å²) < 4.78 is 0. The molecular weight excluding hydrogens is 239 g/mol. The van der Waals surface area contributed by atoms with Gasteiger partial charge in [0.15, 0.2) is 0 Å². The van der Waals surface area contributed by atoms with Crippen LogP contribution < -0.4 is 29.6 Å². The molecule has 1 unspecified atom stereocenters. The molecule has 0 aliphatic carbocycles. The van der Waals surface area contributed by atoms with E-state index >= 15 is 0 Å². The molecule has 19 heavy (non-hydrogen) atoms. The van der Waals surface area contributed by atoms with Crippen LogP contribution in [0.3, 0.4) is 0 Å². The van der Waals surface area contributed by atoms with Crippen molar-refractivity contribution in [3.05, 3.63) is 6.92 Å². The van der Waals surface area contributed by atoms with Gasteiger partial charge in [-0.3, -0.25) is 0 Å². The minimum Gasteiger partial charge on any atom is -0.340 e. The Morgan fingerprint density at radius 3 is 1.32 bits per heavy atom. The minimum atomic E-state index is 0. The van der Waals surface area contributed by atoms with Crippen LogP contribution in [0.25, 0.3) is 0 Å². The van der Waals surface area contributed by atoms with E-state index < -0.39 is 0 Å². The maximum absolute atomic E-state index is 4.29. The molecule has 110 valence electrons. The molecule has 0 spiro atoms. The van der Waals surface area contributed by atoms with Gasteiger partial charge in [-0.05, 0) is 0 Å². The first-order valence-corrected chi connectivity index (χ1v) is 8.64. The summed E-state index contributed by atoms with van der Waals surface area (Å²) in [7, 11) is 0. The number of hydrogen-bond acceptors (Lipinski definition) is 0. The SMILES string of the molecule is [CH2-]C(CCCCCC)CCCCCCCCCC.[Na+]. The Balaban J connectivity index is 0. The monoisotopic (exact) mass is 276 g/mol. The van der Waals surface area contributed by atoms with E-state index in [1.54, 1.807) is 0 Å². The number of hydrogen-bond donors (Lipinski definition) is 0. The van der Waals surface area contributed by atoms with E-state index in [-0.39, 0.29) is 29.6 Å². The zero-order valence-corrected chi connectivity index (χ0v) is 16.2. The molecule has 0 aromatic carbocycles. The van der Waals surface area contributed by atoms with Gasteiger partial charge in [0.25, 0.3) is 0 Å². The van der Waals surface area contributed by atoms with Crippen LogP contribution in [0.1, 0.15) is 104 Å². The average Bonchev–Trinajstić information content (AvgIpc) is 2.38. The Labute approximate surface area is 145 Å². The Hall–Kier alpha value is 1.00. The maximum Gasteiger partial charge on any atom is 1.00 e. The average molecular weight is 276 g/mol. The van der Waals surface area contributed by atoms with Crippen molar-refractivity contribution < 1.29 is 29.6 Å². The fraction of sp³-hybridized carbons (Fsp3) is 0.944. The van der Waals surface area contributed by atoms with Crippen LogP contribution in [-0.2, 0) is 0 Å². The topological polar surface area (TPSA) is 0 Å². The largest absolute Gasteiger partial charge is 1.00 e. The minimum absolute atomic E-state index is 0. The molecule has 0 bridgehead atoms. The van der Waals surface area contributed by atoms with Crippen molar-refractivity contribution in [2.24, 2.45) is 5.92 Å². The molecule has 0 heterocycles. The molecule has 0 rings (SSSR count). The Bertz CT molecular complexity index is 145. The first kappa shape index (κ1) is 22.3. The van der Waals surface area contributed by atoms with Crippen molar-refractivity contribution in [2.45, 2.75) is 104 Å². The third kappa shape index (κ3) is 19.0. The molecule has 1 heteroatoms. The summed E-state index contributed by atoms with van der Waals surface area (Å²) in [6.07, 6.45) is 19.7. The zero-order chi connectivity index (χ0) is 13.5. The van der Waals surface area contributed by atoms with Gasteiger partial charge in [0.2, 0.25) is 0 Å². The second-order valence-corrected chi connectivity index (χ2v) is 5.98. The maximum atomic E-state index is 4.29. The summed E-state index contributed by atoms with van der Waals surface area (Å²) >= 11 is 0. The van der Waals surface area contributed by atoms with Gasteiger partial charge in [-0.15, -0.1) is 0 Å². The molecule has 0 aromatic rings. The standard InChI is InChI=1S/C18H37.Na/c1-4-6-8-10-11-12-13-15-17-18(3)16-14-9-7-5-2;/h18H,3-17H2,1-2H3;/q-1;+1. The van der Waals surface area contributed by atoms with E-state index in [1.807, 2.05) is 0 Å². The van der Waals surface area contributed by atoms with E-state index in [9.17, 15) is 0 Å². The molecule has 0 N–H and O–H groups in total.